The van der Waals surface area contributed by atoms with Crippen LogP contribution in [0.5, 0.6) is 0 Å². The highest BCUT2D eigenvalue weighted by Gasteiger charge is 2.28. The third-order valence-electron chi connectivity index (χ3n) is 3.38. The van der Waals surface area contributed by atoms with Crippen molar-refractivity contribution in [2.75, 3.05) is 5.73 Å². The number of hydrogen-bond acceptors (Lipinski definition) is 3. The first-order valence-electron chi connectivity index (χ1n) is 6.58. The molecule has 0 fully saturated rings. The normalized spacial score (nSPS) is 12.0. The minimum Gasteiger partial charge on any atom is -0.399 e. The molecule has 0 unspecified atom stereocenters. The molecule has 0 bridgehead atoms. The highest BCUT2D eigenvalue weighted by atomic mass is 19.4. The largest absolute Gasteiger partial charge is 0.406 e. The molecule has 0 aliphatic rings. The van der Waals surface area contributed by atoms with Gasteiger partial charge in [0.1, 0.15) is 12.2 Å². The second-order valence-electron chi connectivity index (χ2n) is 5.10. The van der Waals surface area contributed by atoms with Crippen LogP contribution in [0, 0.1) is 6.92 Å². The third kappa shape index (κ3) is 2.74. The van der Waals surface area contributed by atoms with Crippen molar-refractivity contribution in [1.82, 2.24) is 14.5 Å². The third-order valence-corrected chi connectivity index (χ3v) is 3.38. The summed E-state index contributed by atoms with van der Waals surface area (Å²) in [5, 5.41) is 0.570. The summed E-state index contributed by atoms with van der Waals surface area (Å²) in [4.78, 5) is 8.48. The number of alkyl halides is 3. The van der Waals surface area contributed by atoms with Gasteiger partial charge in [0, 0.05) is 29.0 Å². The van der Waals surface area contributed by atoms with Gasteiger partial charge in [0.05, 0.1) is 0 Å². The Morgan fingerprint density at radius 1 is 1.23 bits per heavy atom. The summed E-state index contributed by atoms with van der Waals surface area (Å²) in [6.07, 6.45) is -1.41. The lowest BCUT2D eigenvalue weighted by molar-refractivity contribution is -0.139. The van der Waals surface area contributed by atoms with Gasteiger partial charge in [-0.15, -0.1) is 0 Å². The fourth-order valence-electron chi connectivity index (χ4n) is 2.25. The molecule has 0 atom stereocenters. The van der Waals surface area contributed by atoms with Crippen molar-refractivity contribution in [3.8, 4) is 11.4 Å². The predicted octanol–water partition coefficient (Wildman–Crippen LogP) is 3.55. The van der Waals surface area contributed by atoms with Crippen molar-refractivity contribution < 1.29 is 13.2 Å². The number of nitrogens with zero attached hydrogens (tertiary/aromatic N) is 3. The van der Waals surface area contributed by atoms with Crippen LogP contribution in [0.25, 0.3) is 22.4 Å². The second-order valence-corrected chi connectivity index (χ2v) is 5.10. The van der Waals surface area contributed by atoms with E-state index in [9.17, 15) is 13.2 Å². The van der Waals surface area contributed by atoms with Gasteiger partial charge < -0.3 is 10.3 Å². The Balaban J connectivity index is 2.08. The number of aryl methyl sites for hydroxylation is 1. The molecular weight excluding hydrogens is 293 g/mol. The van der Waals surface area contributed by atoms with E-state index in [0.29, 0.717) is 22.5 Å². The predicted molar refractivity (Wildman–Crippen MR) is 78.2 cm³/mol. The zero-order valence-corrected chi connectivity index (χ0v) is 11.7. The average Bonchev–Trinajstić information content (AvgIpc) is 2.82. The first kappa shape index (κ1) is 14.4. The van der Waals surface area contributed by atoms with Crippen molar-refractivity contribution in [1.29, 1.82) is 0 Å². The molecule has 22 heavy (non-hydrogen) atoms. The van der Waals surface area contributed by atoms with Gasteiger partial charge >= 0.3 is 6.18 Å². The molecule has 0 aliphatic heterocycles. The molecule has 3 rings (SSSR count). The van der Waals surface area contributed by atoms with Crippen LogP contribution >= 0.6 is 0 Å². The van der Waals surface area contributed by atoms with E-state index in [4.69, 9.17) is 5.73 Å². The number of benzene rings is 1. The topological polar surface area (TPSA) is 56.7 Å². The summed E-state index contributed by atoms with van der Waals surface area (Å²) >= 11 is 0. The Hall–Kier alpha value is -2.57. The van der Waals surface area contributed by atoms with E-state index in [1.54, 1.807) is 18.2 Å². The van der Waals surface area contributed by atoms with Crippen LogP contribution in [-0.2, 0) is 6.54 Å². The molecule has 3 aromatic rings. The van der Waals surface area contributed by atoms with E-state index >= 15 is 0 Å². The van der Waals surface area contributed by atoms with Crippen molar-refractivity contribution >= 4 is 16.7 Å². The van der Waals surface area contributed by atoms with E-state index in [1.165, 1.54) is 12.4 Å². The van der Waals surface area contributed by atoms with Gasteiger partial charge in [-0.05, 0) is 36.8 Å². The Labute approximate surface area is 124 Å². The van der Waals surface area contributed by atoms with Crippen molar-refractivity contribution in [2.24, 2.45) is 0 Å². The summed E-state index contributed by atoms with van der Waals surface area (Å²) in [7, 11) is 0. The smallest absolute Gasteiger partial charge is 0.399 e. The maximum atomic E-state index is 12.6. The van der Waals surface area contributed by atoms with Crippen molar-refractivity contribution in [3.05, 3.63) is 42.2 Å². The molecule has 0 saturated heterocycles. The van der Waals surface area contributed by atoms with Crippen molar-refractivity contribution in [3.63, 3.8) is 0 Å². The number of halogens is 3. The fraction of sp³-hybridized carbons (Fsp3) is 0.200. The standard InChI is InChI=1S/C15H13F3N4/c1-9-6-10(2-3-12(9)19)13-20-7-11-4-5-22(14(11)21-13)8-15(16,17)18/h2-7H,8,19H2,1H3. The number of rotatable bonds is 2. The molecule has 0 radical (unpaired) electrons. The number of nitrogen functional groups attached to an aromatic ring is 1. The highest BCUT2D eigenvalue weighted by Crippen LogP contribution is 2.25. The number of aromatic nitrogens is 3. The molecule has 0 spiro atoms. The van der Waals surface area contributed by atoms with Crippen LogP contribution in [0.4, 0.5) is 18.9 Å². The number of hydrogen-bond donors (Lipinski definition) is 1. The summed E-state index contributed by atoms with van der Waals surface area (Å²) in [6.45, 7) is 0.775. The van der Waals surface area contributed by atoms with Gasteiger partial charge in [0.25, 0.3) is 0 Å². The number of fused-ring (bicyclic) bond motifs is 1. The van der Waals surface area contributed by atoms with Crippen LogP contribution in [0.3, 0.4) is 0 Å². The van der Waals surface area contributed by atoms with Gasteiger partial charge in [-0.1, -0.05) is 0 Å². The minimum absolute atomic E-state index is 0.261. The molecule has 2 N–H and O–H groups in total. The molecule has 1 aromatic carbocycles. The van der Waals surface area contributed by atoms with Crippen LogP contribution in [0.1, 0.15) is 5.56 Å². The molecular formula is C15H13F3N4. The van der Waals surface area contributed by atoms with Gasteiger partial charge in [-0.25, -0.2) is 9.97 Å². The molecule has 7 heteroatoms. The zero-order valence-electron chi connectivity index (χ0n) is 11.7. The Morgan fingerprint density at radius 3 is 2.68 bits per heavy atom. The lowest BCUT2D eigenvalue weighted by Gasteiger charge is -2.09. The number of anilines is 1. The van der Waals surface area contributed by atoms with E-state index < -0.39 is 12.7 Å². The summed E-state index contributed by atoms with van der Waals surface area (Å²) in [5.74, 6) is 0.373. The van der Waals surface area contributed by atoms with E-state index in [1.807, 2.05) is 13.0 Å². The first-order valence-corrected chi connectivity index (χ1v) is 6.58. The maximum Gasteiger partial charge on any atom is 0.406 e. The van der Waals surface area contributed by atoms with Gasteiger partial charge in [-0.3, -0.25) is 0 Å². The summed E-state index contributed by atoms with van der Waals surface area (Å²) < 4.78 is 38.8. The quantitative estimate of drug-likeness (QED) is 0.737. The molecule has 2 aromatic heterocycles. The molecule has 2 heterocycles. The Kier molecular flexibility index (Phi) is 3.27. The highest BCUT2D eigenvalue weighted by molar-refractivity contribution is 5.77. The van der Waals surface area contributed by atoms with Gasteiger partial charge in [0.15, 0.2) is 5.82 Å². The van der Waals surface area contributed by atoms with Crippen LogP contribution in [0.15, 0.2) is 36.7 Å². The molecule has 4 nitrogen and oxygen atoms in total. The zero-order chi connectivity index (χ0) is 15.9. The lowest BCUT2D eigenvalue weighted by atomic mass is 10.1. The molecule has 0 saturated carbocycles. The number of nitrogens with two attached hydrogens (primary N) is 1. The average molecular weight is 306 g/mol. The van der Waals surface area contributed by atoms with E-state index in [-0.39, 0.29) is 5.65 Å². The van der Waals surface area contributed by atoms with Crippen LogP contribution in [0.2, 0.25) is 0 Å². The second kappa shape index (κ2) is 5.01. The van der Waals surface area contributed by atoms with Crippen LogP contribution in [-0.4, -0.2) is 20.7 Å². The van der Waals surface area contributed by atoms with Crippen molar-refractivity contribution in [2.45, 2.75) is 19.6 Å². The van der Waals surface area contributed by atoms with Gasteiger partial charge in [-0.2, -0.15) is 13.2 Å². The molecule has 114 valence electrons. The van der Waals surface area contributed by atoms with E-state index in [0.717, 1.165) is 10.1 Å². The van der Waals surface area contributed by atoms with E-state index in [2.05, 4.69) is 9.97 Å². The fourth-order valence-corrected chi connectivity index (χ4v) is 2.25. The first-order chi connectivity index (χ1) is 10.3. The summed E-state index contributed by atoms with van der Waals surface area (Å²) in [5.41, 5.74) is 8.25. The molecule has 0 aliphatic carbocycles. The van der Waals surface area contributed by atoms with Crippen LogP contribution < -0.4 is 5.73 Å². The lowest BCUT2D eigenvalue weighted by Crippen LogP contribution is -2.17. The molecule has 0 amide bonds. The Bertz CT molecular complexity index is 836. The minimum atomic E-state index is -4.30. The van der Waals surface area contributed by atoms with Gasteiger partial charge in [0.2, 0.25) is 0 Å². The maximum absolute atomic E-state index is 12.6. The Morgan fingerprint density at radius 2 is 2.00 bits per heavy atom. The summed E-state index contributed by atoms with van der Waals surface area (Å²) in [6, 6.07) is 6.86. The monoisotopic (exact) mass is 306 g/mol. The SMILES string of the molecule is Cc1cc(-c2ncc3ccn(CC(F)(F)F)c3n2)ccc1N.